The third kappa shape index (κ3) is 3.73. The van der Waals surface area contributed by atoms with Gasteiger partial charge in [0.2, 0.25) is 0 Å². The third-order valence-electron chi connectivity index (χ3n) is 2.74. The van der Waals surface area contributed by atoms with Crippen molar-refractivity contribution in [2.75, 3.05) is 39.4 Å². The molecule has 0 amide bonds. The maximum Gasteiger partial charge on any atom is 0.0700 e. The average molecular weight is 222 g/mol. The Kier molecular flexibility index (Phi) is 5.78. The standard InChI is InChI=1S/C10H20ClNO2/c1-13-7-8-14-6-5-12-10(9-11)3-2-4-10/h12H,2-9H2,1H3. The first kappa shape index (κ1) is 12.2. The van der Waals surface area contributed by atoms with Gasteiger partial charge >= 0.3 is 0 Å². The molecule has 0 spiro atoms. The van der Waals surface area contributed by atoms with E-state index in [0.29, 0.717) is 19.1 Å². The molecule has 0 aromatic carbocycles. The molecule has 1 aliphatic rings. The lowest BCUT2D eigenvalue weighted by molar-refractivity contribution is 0.0659. The fourth-order valence-corrected chi connectivity index (χ4v) is 1.96. The van der Waals surface area contributed by atoms with Crippen LogP contribution < -0.4 is 5.32 Å². The normalized spacial score (nSPS) is 19.3. The highest BCUT2D eigenvalue weighted by Gasteiger charge is 2.34. The summed E-state index contributed by atoms with van der Waals surface area (Å²) in [5.41, 5.74) is 0.214. The Morgan fingerprint density at radius 2 is 2.07 bits per heavy atom. The van der Waals surface area contributed by atoms with Gasteiger partial charge in [-0.1, -0.05) is 0 Å². The van der Waals surface area contributed by atoms with E-state index in [1.54, 1.807) is 7.11 Å². The summed E-state index contributed by atoms with van der Waals surface area (Å²) in [7, 11) is 1.68. The molecule has 1 fully saturated rings. The van der Waals surface area contributed by atoms with Gasteiger partial charge in [0.15, 0.2) is 0 Å². The van der Waals surface area contributed by atoms with Crippen LogP contribution in [0.15, 0.2) is 0 Å². The number of ether oxygens (including phenoxy) is 2. The maximum atomic E-state index is 5.90. The molecule has 0 radical (unpaired) electrons. The van der Waals surface area contributed by atoms with E-state index in [1.165, 1.54) is 19.3 Å². The summed E-state index contributed by atoms with van der Waals surface area (Å²) in [4.78, 5) is 0. The minimum absolute atomic E-state index is 0.214. The number of rotatable bonds is 8. The molecule has 0 saturated heterocycles. The second-order valence-corrected chi connectivity index (χ2v) is 4.07. The highest BCUT2D eigenvalue weighted by Crippen LogP contribution is 2.32. The first-order valence-corrected chi connectivity index (χ1v) is 5.74. The van der Waals surface area contributed by atoms with Gasteiger partial charge in [-0.05, 0) is 19.3 Å². The van der Waals surface area contributed by atoms with Crippen molar-refractivity contribution >= 4 is 11.6 Å². The van der Waals surface area contributed by atoms with Crippen LogP contribution in [0.5, 0.6) is 0 Å². The zero-order valence-corrected chi connectivity index (χ0v) is 9.61. The second-order valence-electron chi connectivity index (χ2n) is 3.80. The predicted molar refractivity (Wildman–Crippen MR) is 58.0 cm³/mol. The van der Waals surface area contributed by atoms with Gasteiger partial charge in [0.05, 0.1) is 19.8 Å². The zero-order valence-electron chi connectivity index (χ0n) is 8.85. The van der Waals surface area contributed by atoms with E-state index in [-0.39, 0.29) is 5.54 Å². The molecule has 0 aliphatic heterocycles. The molecule has 84 valence electrons. The van der Waals surface area contributed by atoms with Crippen molar-refractivity contribution in [1.29, 1.82) is 0 Å². The van der Waals surface area contributed by atoms with Gasteiger partial charge in [0.25, 0.3) is 0 Å². The SMILES string of the molecule is COCCOCCNC1(CCl)CCC1. The number of halogens is 1. The predicted octanol–water partition coefficient (Wildman–Crippen LogP) is 1.40. The van der Waals surface area contributed by atoms with E-state index in [9.17, 15) is 0 Å². The van der Waals surface area contributed by atoms with Crippen LogP contribution in [-0.4, -0.2) is 44.9 Å². The summed E-state index contributed by atoms with van der Waals surface area (Å²) in [6.45, 7) is 2.96. The third-order valence-corrected chi connectivity index (χ3v) is 3.26. The molecule has 1 saturated carbocycles. The summed E-state index contributed by atoms with van der Waals surface area (Å²) in [5, 5.41) is 3.46. The first-order valence-electron chi connectivity index (χ1n) is 5.21. The molecule has 4 heteroatoms. The highest BCUT2D eigenvalue weighted by molar-refractivity contribution is 6.18. The van der Waals surface area contributed by atoms with Gasteiger partial charge in [0, 0.05) is 25.1 Å². The fourth-order valence-electron chi connectivity index (χ4n) is 1.59. The number of hydrogen-bond donors (Lipinski definition) is 1. The molecule has 0 aromatic heterocycles. The Morgan fingerprint density at radius 1 is 1.29 bits per heavy atom. The molecule has 3 nitrogen and oxygen atoms in total. The summed E-state index contributed by atoms with van der Waals surface area (Å²) in [6.07, 6.45) is 3.70. The van der Waals surface area contributed by atoms with Crippen molar-refractivity contribution in [3.8, 4) is 0 Å². The molecular weight excluding hydrogens is 202 g/mol. The van der Waals surface area contributed by atoms with Gasteiger partial charge in [-0.15, -0.1) is 11.6 Å². The Balaban J connectivity index is 1.92. The molecule has 1 rings (SSSR count). The second kappa shape index (κ2) is 6.62. The van der Waals surface area contributed by atoms with Crippen molar-refractivity contribution in [2.45, 2.75) is 24.8 Å². The smallest absolute Gasteiger partial charge is 0.0700 e. The number of alkyl halides is 1. The van der Waals surface area contributed by atoms with E-state index in [4.69, 9.17) is 21.1 Å². The largest absolute Gasteiger partial charge is 0.382 e. The summed E-state index contributed by atoms with van der Waals surface area (Å²) < 4.78 is 10.2. The molecule has 0 heterocycles. The van der Waals surface area contributed by atoms with Crippen LogP contribution in [0.4, 0.5) is 0 Å². The topological polar surface area (TPSA) is 30.5 Å². The Labute approximate surface area is 91.1 Å². The zero-order chi connectivity index (χ0) is 10.3. The van der Waals surface area contributed by atoms with Crippen molar-refractivity contribution in [2.24, 2.45) is 0 Å². The highest BCUT2D eigenvalue weighted by atomic mass is 35.5. The molecule has 0 unspecified atom stereocenters. The lowest BCUT2D eigenvalue weighted by atomic mass is 9.78. The molecule has 1 N–H and O–H groups in total. The van der Waals surface area contributed by atoms with Crippen LogP contribution in [0.2, 0.25) is 0 Å². The van der Waals surface area contributed by atoms with Crippen molar-refractivity contribution in [3.05, 3.63) is 0 Å². The van der Waals surface area contributed by atoms with Crippen LogP contribution in [0.25, 0.3) is 0 Å². The number of nitrogens with one attached hydrogen (secondary N) is 1. The molecule has 0 atom stereocenters. The van der Waals surface area contributed by atoms with E-state index in [0.717, 1.165) is 13.2 Å². The lowest BCUT2D eigenvalue weighted by Gasteiger charge is -2.41. The van der Waals surface area contributed by atoms with Crippen LogP contribution in [-0.2, 0) is 9.47 Å². The summed E-state index contributed by atoms with van der Waals surface area (Å²) in [5.74, 6) is 0.713. The lowest BCUT2D eigenvalue weighted by Crippen LogP contribution is -2.53. The van der Waals surface area contributed by atoms with Crippen LogP contribution in [0.3, 0.4) is 0 Å². The first-order chi connectivity index (χ1) is 6.83. The number of methoxy groups -OCH3 is 1. The Morgan fingerprint density at radius 3 is 2.57 bits per heavy atom. The molecule has 0 bridgehead atoms. The summed E-state index contributed by atoms with van der Waals surface area (Å²) in [6, 6.07) is 0. The molecular formula is C10H20ClNO2. The number of hydrogen-bond acceptors (Lipinski definition) is 3. The minimum atomic E-state index is 0.214. The van der Waals surface area contributed by atoms with Gasteiger partial charge in [-0.2, -0.15) is 0 Å². The van der Waals surface area contributed by atoms with Gasteiger partial charge in [0.1, 0.15) is 0 Å². The van der Waals surface area contributed by atoms with E-state index < -0.39 is 0 Å². The van der Waals surface area contributed by atoms with Crippen molar-refractivity contribution in [3.63, 3.8) is 0 Å². The van der Waals surface area contributed by atoms with E-state index >= 15 is 0 Å². The summed E-state index contributed by atoms with van der Waals surface area (Å²) >= 11 is 5.90. The van der Waals surface area contributed by atoms with Gasteiger partial charge < -0.3 is 14.8 Å². The van der Waals surface area contributed by atoms with E-state index in [2.05, 4.69) is 5.32 Å². The monoisotopic (exact) mass is 221 g/mol. The van der Waals surface area contributed by atoms with E-state index in [1.807, 2.05) is 0 Å². The Hall–Kier alpha value is 0.170. The molecule has 1 aliphatic carbocycles. The van der Waals surface area contributed by atoms with Gasteiger partial charge in [-0.25, -0.2) is 0 Å². The minimum Gasteiger partial charge on any atom is -0.382 e. The molecule has 14 heavy (non-hydrogen) atoms. The van der Waals surface area contributed by atoms with Crippen LogP contribution in [0, 0.1) is 0 Å². The fraction of sp³-hybridized carbons (Fsp3) is 1.00. The maximum absolute atomic E-state index is 5.90. The van der Waals surface area contributed by atoms with Crippen molar-refractivity contribution in [1.82, 2.24) is 5.32 Å². The molecule has 0 aromatic rings. The average Bonchev–Trinajstić information content (AvgIpc) is 2.15. The van der Waals surface area contributed by atoms with Crippen LogP contribution in [0.1, 0.15) is 19.3 Å². The quantitative estimate of drug-likeness (QED) is 0.497. The van der Waals surface area contributed by atoms with Gasteiger partial charge in [-0.3, -0.25) is 0 Å². The van der Waals surface area contributed by atoms with Crippen molar-refractivity contribution < 1.29 is 9.47 Å². The van der Waals surface area contributed by atoms with Crippen LogP contribution >= 0.6 is 11.6 Å². The Bertz CT molecular complexity index is 146.